The molecule has 1 amide bonds. The highest BCUT2D eigenvalue weighted by atomic mass is 79.9. The van der Waals surface area contributed by atoms with Crippen LogP contribution in [0.2, 0.25) is 5.02 Å². The van der Waals surface area contributed by atoms with Gasteiger partial charge in [0.2, 0.25) is 0 Å². The monoisotopic (exact) mass is 374 g/mol. The number of amides is 1. The average Bonchev–Trinajstić information content (AvgIpc) is 2.46. The number of likely N-dealkylation sites (tertiary alicyclic amines) is 1. The van der Waals surface area contributed by atoms with E-state index in [2.05, 4.69) is 15.9 Å². The van der Waals surface area contributed by atoms with Crippen LogP contribution in [-0.2, 0) is 0 Å². The summed E-state index contributed by atoms with van der Waals surface area (Å²) in [6, 6.07) is 4.10. The number of nitrogens with zero attached hydrogens (tertiary/aromatic N) is 2. The number of nitro groups is 1. The highest BCUT2D eigenvalue weighted by Crippen LogP contribution is 2.27. The first-order valence-electron chi connectivity index (χ1n) is 6.82. The SMILES string of the molecule is O=C(c1cc(Cl)ccc1[N+](=O)[O-])N1CCCC(CCBr)C1. The first-order chi connectivity index (χ1) is 10.0. The fourth-order valence-electron chi connectivity index (χ4n) is 2.65. The van der Waals surface area contributed by atoms with Crippen LogP contribution in [0.25, 0.3) is 0 Å². The van der Waals surface area contributed by atoms with Crippen LogP contribution in [0.1, 0.15) is 29.6 Å². The summed E-state index contributed by atoms with van der Waals surface area (Å²) in [6.45, 7) is 1.29. The molecule has 1 saturated heterocycles. The highest BCUT2D eigenvalue weighted by molar-refractivity contribution is 9.09. The third-order valence-corrected chi connectivity index (χ3v) is 4.40. The molecule has 0 aromatic heterocycles. The Bertz CT molecular complexity index is 551. The smallest absolute Gasteiger partial charge is 0.282 e. The summed E-state index contributed by atoms with van der Waals surface area (Å²) < 4.78 is 0. The minimum absolute atomic E-state index is 0.0759. The number of piperidine rings is 1. The van der Waals surface area contributed by atoms with E-state index in [0.717, 1.165) is 24.6 Å². The second kappa shape index (κ2) is 7.22. The Morgan fingerprint density at radius 3 is 2.95 bits per heavy atom. The van der Waals surface area contributed by atoms with Crippen molar-refractivity contribution in [3.8, 4) is 0 Å². The summed E-state index contributed by atoms with van der Waals surface area (Å²) in [5.74, 6) is 0.142. The molecule has 1 unspecified atom stereocenters. The molecule has 1 atom stereocenters. The van der Waals surface area contributed by atoms with Gasteiger partial charge in [-0.1, -0.05) is 27.5 Å². The van der Waals surface area contributed by atoms with Crippen molar-refractivity contribution in [3.05, 3.63) is 38.9 Å². The molecular formula is C14H16BrClN2O3. The van der Waals surface area contributed by atoms with Gasteiger partial charge < -0.3 is 4.90 Å². The Kier molecular flexibility index (Phi) is 5.58. The largest absolute Gasteiger partial charge is 0.338 e. The Labute approximate surface area is 136 Å². The normalized spacial score (nSPS) is 18.6. The molecular weight excluding hydrogens is 360 g/mol. The van der Waals surface area contributed by atoms with Gasteiger partial charge in [0.15, 0.2) is 0 Å². The summed E-state index contributed by atoms with van der Waals surface area (Å²) in [6.07, 6.45) is 3.02. The van der Waals surface area contributed by atoms with Crippen molar-refractivity contribution in [2.75, 3.05) is 18.4 Å². The van der Waals surface area contributed by atoms with Crippen molar-refractivity contribution in [1.82, 2.24) is 4.90 Å². The summed E-state index contributed by atoms with van der Waals surface area (Å²) >= 11 is 9.30. The van der Waals surface area contributed by atoms with E-state index in [9.17, 15) is 14.9 Å². The van der Waals surface area contributed by atoms with E-state index in [0.29, 0.717) is 24.0 Å². The van der Waals surface area contributed by atoms with Crippen LogP contribution in [0.15, 0.2) is 18.2 Å². The van der Waals surface area contributed by atoms with Crippen LogP contribution in [0.4, 0.5) is 5.69 Å². The van der Waals surface area contributed by atoms with Gasteiger partial charge in [-0.2, -0.15) is 0 Å². The third-order valence-electron chi connectivity index (χ3n) is 3.71. The van der Waals surface area contributed by atoms with Gasteiger partial charge in [0, 0.05) is 29.5 Å². The molecule has 1 aromatic carbocycles. The number of hydrogen-bond donors (Lipinski definition) is 0. The molecule has 5 nitrogen and oxygen atoms in total. The molecule has 7 heteroatoms. The van der Waals surface area contributed by atoms with Crippen molar-refractivity contribution in [1.29, 1.82) is 0 Å². The zero-order chi connectivity index (χ0) is 15.4. The van der Waals surface area contributed by atoms with Crippen LogP contribution >= 0.6 is 27.5 Å². The maximum Gasteiger partial charge on any atom is 0.282 e. The molecule has 2 rings (SSSR count). The minimum Gasteiger partial charge on any atom is -0.338 e. The standard InChI is InChI=1S/C14H16BrClN2O3/c15-6-5-10-2-1-7-17(9-10)14(19)12-8-11(16)3-4-13(12)18(20)21/h3-4,8,10H,1-2,5-7,9H2. The predicted molar refractivity (Wildman–Crippen MR) is 85.1 cm³/mol. The second-order valence-corrected chi connectivity index (χ2v) is 6.39. The summed E-state index contributed by atoms with van der Waals surface area (Å²) in [5.41, 5.74) is -0.112. The average molecular weight is 376 g/mol. The van der Waals surface area contributed by atoms with E-state index >= 15 is 0 Å². The lowest BCUT2D eigenvalue weighted by Crippen LogP contribution is -2.40. The van der Waals surface area contributed by atoms with E-state index in [1.165, 1.54) is 18.2 Å². The number of nitro benzene ring substituents is 1. The van der Waals surface area contributed by atoms with Gasteiger partial charge in [-0.3, -0.25) is 14.9 Å². The maximum absolute atomic E-state index is 12.6. The van der Waals surface area contributed by atoms with Crippen LogP contribution < -0.4 is 0 Å². The number of benzene rings is 1. The van der Waals surface area contributed by atoms with Crippen LogP contribution in [0.5, 0.6) is 0 Å². The second-order valence-electron chi connectivity index (χ2n) is 5.16. The van der Waals surface area contributed by atoms with Gasteiger partial charge in [-0.05, 0) is 37.3 Å². The fourth-order valence-corrected chi connectivity index (χ4v) is 3.47. The molecule has 0 bridgehead atoms. The lowest BCUT2D eigenvalue weighted by molar-refractivity contribution is -0.385. The van der Waals surface area contributed by atoms with E-state index in [1.54, 1.807) is 4.90 Å². The zero-order valence-electron chi connectivity index (χ0n) is 11.4. The van der Waals surface area contributed by atoms with E-state index < -0.39 is 4.92 Å². The highest BCUT2D eigenvalue weighted by Gasteiger charge is 2.28. The number of carbonyl (C=O) groups is 1. The third kappa shape index (κ3) is 3.95. The van der Waals surface area contributed by atoms with E-state index in [1.807, 2.05) is 0 Å². The quantitative estimate of drug-likeness (QED) is 0.456. The molecule has 1 aliphatic heterocycles. The van der Waals surface area contributed by atoms with Crippen molar-refractivity contribution in [2.45, 2.75) is 19.3 Å². The molecule has 1 fully saturated rings. The van der Waals surface area contributed by atoms with Crippen LogP contribution in [0.3, 0.4) is 0 Å². The van der Waals surface area contributed by atoms with Gasteiger partial charge in [-0.25, -0.2) is 0 Å². The summed E-state index contributed by atoms with van der Waals surface area (Å²) in [5, 5.41) is 12.3. The molecule has 1 aromatic rings. The predicted octanol–water partition coefficient (Wildman–Crippen LogP) is 3.89. The lowest BCUT2D eigenvalue weighted by Gasteiger charge is -2.32. The van der Waals surface area contributed by atoms with Gasteiger partial charge >= 0.3 is 0 Å². The lowest BCUT2D eigenvalue weighted by atomic mass is 9.95. The molecule has 0 radical (unpaired) electrons. The van der Waals surface area contributed by atoms with Crippen LogP contribution in [0, 0.1) is 16.0 Å². The topological polar surface area (TPSA) is 63.4 Å². The van der Waals surface area contributed by atoms with Gasteiger partial charge in [-0.15, -0.1) is 0 Å². The Morgan fingerprint density at radius 1 is 1.52 bits per heavy atom. The number of hydrogen-bond acceptors (Lipinski definition) is 3. The Morgan fingerprint density at radius 2 is 2.29 bits per heavy atom. The van der Waals surface area contributed by atoms with Crippen molar-refractivity contribution >= 4 is 39.1 Å². The first-order valence-corrected chi connectivity index (χ1v) is 8.32. The fraction of sp³-hybridized carbons (Fsp3) is 0.500. The molecule has 0 saturated carbocycles. The van der Waals surface area contributed by atoms with Gasteiger partial charge in [0.25, 0.3) is 11.6 Å². The van der Waals surface area contributed by atoms with Gasteiger partial charge in [0.05, 0.1) is 4.92 Å². The molecule has 114 valence electrons. The molecule has 1 aliphatic rings. The van der Waals surface area contributed by atoms with E-state index in [4.69, 9.17) is 11.6 Å². The van der Waals surface area contributed by atoms with Gasteiger partial charge in [0.1, 0.15) is 5.56 Å². The summed E-state index contributed by atoms with van der Waals surface area (Å²) in [4.78, 5) is 24.8. The number of rotatable bonds is 4. The molecule has 0 N–H and O–H groups in total. The molecule has 21 heavy (non-hydrogen) atoms. The number of carbonyl (C=O) groups excluding carboxylic acids is 1. The zero-order valence-corrected chi connectivity index (χ0v) is 13.8. The maximum atomic E-state index is 12.6. The van der Waals surface area contributed by atoms with Crippen molar-refractivity contribution < 1.29 is 9.72 Å². The number of alkyl halides is 1. The minimum atomic E-state index is -0.538. The number of halogens is 2. The first kappa shape index (κ1) is 16.2. The van der Waals surface area contributed by atoms with Crippen LogP contribution in [-0.4, -0.2) is 34.2 Å². The van der Waals surface area contributed by atoms with E-state index in [-0.39, 0.29) is 17.2 Å². The Balaban J connectivity index is 2.23. The van der Waals surface area contributed by atoms with Crippen molar-refractivity contribution in [2.24, 2.45) is 5.92 Å². The molecule has 1 heterocycles. The molecule has 0 aliphatic carbocycles. The Hall–Kier alpha value is -1.14. The van der Waals surface area contributed by atoms with Crippen molar-refractivity contribution in [3.63, 3.8) is 0 Å². The molecule has 0 spiro atoms. The summed E-state index contributed by atoms with van der Waals surface area (Å²) in [7, 11) is 0.